The molecular weight excluding hydrogens is 344 g/mol. The number of hydrogen-bond acceptors (Lipinski definition) is 4. The van der Waals surface area contributed by atoms with Crippen LogP contribution in [0.25, 0.3) is 5.69 Å². The molecule has 1 heterocycles. The Hall–Kier alpha value is -3.68. The summed E-state index contributed by atoms with van der Waals surface area (Å²) < 4.78 is 1.61. The lowest BCUT2D eigenvalue weighted by Gasteiger charge is -2.11. The molecule has 8 heteroatoms. The van der Waals surface area contributed by atoms with E-state index in [1.165, 1.54) is 6.33 Å². The van der Waals surface area contributed by atoms with E-state index >= 15 is 0 Å². The molecule has 27 heavy (non-hydrogen) atoms. The number of nitrogens with one attached hydrogen (secondary N) is 3. The van der Waals surface area contributed by atoms with Gasteiger partial charge in [0.05, 0.1) is 5.69 Å². The maximum Gasteiger partial charge on any atom is 0.319 e. The van der Waals surface area contributed by atoms with Crippen molar-refractivity contribution in [1.29, 1.82) is 0 Å². The first kappa shape index (κ1) is 18.1. The number of nitrogens with zero attached hydrogens (tertiary/aromatic N) is 3. The zero-order valence-electron chi connectivity index (χ0n) is 15.0. The Morgan fingerprint density at radius 3 is 2.11 bits per heavy atom. The van der Waals surface area contributed by atoms with Gasteiger partial charge in [-0.2, -0.15) is 5.10 Å². The highest BCUT2D eigenvalue weighted by molar-refractivity contribution is 6.04. The minimum absolute atomic E-state index is 0.0551. The predicted molar refractivity (Wildman–Crippen MR) is 103 cm³/mol. The van der Waals surface area contributed by atoms with E-state index in [-0.39, 0.29) is 18.0 Å². The lowest BCUT2D eigenvalue weighted by molar-refractivity contribution is 0.102. The van der Waals surface area contributed by atoms with Crippen LogP contribution in [0.3, 0.4) is 0 Å². The fraction of sp³-hybridized carbons (Fsp3) is 0.158. The molecule has 0 aliphatic rings. The molecular formula is C19H20N6O2. The van der Waals surface area contributed by atoms with Crippen LogP contribution >= 0.6 is 0 Å². The Bertz CT molecular complexity index is 902. The van der Waals surface area contributed by atoms with Gasteiger partial charge in [-0.25, -0.2) is 14.5 Å². The Balaban J connectivity index is 1.60. The number of carbonyl (C=O) groups excluding carboxylic acids is 2. The summed E-state index contributed by atoms with van der Waals surface area (Å²) in [4.78, 5) is 27.9. The zero-order valence-corrected chi connectivity index (χ0v) is 15.0. The van der Waals surface area contributed by atoms with E-state index < -0.39 is 0 Å². The Labute approximate surface area is 156 Å². The third kappa shape index (κ3) is 4.91. The summed E-state index contributed by atoms with van der Waals surface area (Å²) in [6.45, 7) is 3.77. The minimum Gasteiger partial charge on any atom is -0.336 e. The molecule has 3 N–H and O–H groups in total. The molecule has 1 aromatic heterocycles. The van der Waals surface area contributed by atoms with Gasteiger partial charge < -0.3 is 16.0 Å². The average molecular weight is 364 g/mol. The number of aromatic nitrogens is 3. The standard InChI is InChI=1S/C19H20N6O2/c1-13(2)22-19(27)24-16-7-5-15(6-8-16)23-18(26)14-3-9-17(10-4-14)25-12-20-11-21-25/h3-13H,1-2H3,(H,23,26)(H2,22,24,27). The van der Waals surface area contributed by atoms with Gasteiger partial charge in [0.15, 0.2) is 0 Å². The third-order valence-corrected chi connectivity index (χ3v) is 3.63. The molecule has 3 amide bonds. The maximum atomic E-state index is 12.4. The van der Waals surface area contributed by atoms with E-state index in [1.807, 2.05) is 13.8 Å². The summed E-state index contributed by atoms with van der Waals surface area (Å²) in [5, 5.41) is 12.3. The van der Waals surface area contributed by atoms with Crippen molar-refractivity contribution in [3.8, 4) is 5.69 Å². The highest BCUT2D eigenvalue weighted by Crippen LogP contribution is 2.15. The van der Waals surface area contributed by atoms with Crippen molar-refractivity contribution < 1.29 is 9.59 Å². The van der Waals surface area contributed by atoms with Gasteiger partial charge in [0, 0.05) is 23.0 Å². The van der Waals surface area contributed by atoms with E-state index in [9.17, 15) is 9.59 Å². The van der Waals surface area contributed by atoms with Gasteiger partial charge in [-0.05, 0) is 62.4 Å². The van der Waals surface area contributed by atoms with E-state index in [0.29, 0.717) is 16.9 Å². The van der Waals surface area contributed by atoms with Crippen molar-refractivity contribution in [1.82, 2.24) is 20.1 Å². The lowest BCUT2D eigenvalue weighted by atomic mass is 10.2. The summed E-state index contributed by atoms with van der Waals surface area (Å²) in [6, 6.07) is 13.7. The fourth-order valence-corrected chi connectivity index (χ4v) is 2.38. The van der Waals surface area contributed by atoms with E-state index in [2.05, 4.69) is 26.0 Å². The van der Waals surface area contributed by atoms with Crippen LogP contribution in [0, 0.1) is 0 Å². The molecule has 0 saturated carbocycles. The molecule has 3 rings (SSSR count). The topological polar surface area (TPSA) is 101 Å². The predicted octanol–water partition coefficient (Wildman–Crippen LogP) is 3.05. The SMILES string of the molecule is CC(C)NC(=O)Nc1ccc(NC(=O)c2ccc(-n3cncn3)cc2)cc1. The Morgan fingerprint density at radius 1 is 0.926 bits per heavy atom. The van der Waals surface area contributed by atoms with Crippen molar-refractivity contribution in [2.24, 2.45) is 0 Å². The van der Waals surface area contributed by atoms with Crippen LogP contribution in [0.5, 0.6) is 0 Å². The van der Waals surface area contributed by atoms with Crippen molar-refractivity contribution in [2.75, 3.05) is 10.6 Å². The largest absolute Gasteiger partial charge is 0.336 e. The molecule has 8 nitrogen and oxygen atoms in total. The van der Waals surface area contributed by atoms with Gasteiger partial charge in [-0.15, -0.1) is 0 Å². The summed E-state index contributed by atoms with van der Waals surface area (Å²) >= 11 is 0. The average Bonchev–Trinajstić information content (AvgIpc) is 3.17. The first-order valence-corrected chi connectivity index (χ1v) is 8.45. The van der Waals surface area contributed by atoms with Crippen LogP contribution in [0.1, 0.15) is 24.2 Å². The molecule has 0 unspecified atom stereocenters. The van der Waals surface area contributed by atoms with E-state index in [0.717, 1.165) is 5.69 Å². The fourth-order valence-electron chi connectivity index (χ4n) is 2.38. The number of hydrogen-bond donors (Lipinski definition) is 3. The van der Waals surface area contributed by atoms with Crippen LogP contribution in [0.15, 0.2) is 61.2 Å². The van der Waals surface area contributed by atoms with Gasteiger partial charge in [-0.3, -0.25) is 4.79 Å². The van der Waals surface area contributed by atoms with Crippen molar-refractivity contribution in [3.63, 3.8) is 0 Å². The molecule has 0 radical (unpaired) electrons. The zero-order chi connectivity index (χ0) is 19.2. The molecule has 3 aromatic rings. The Morgan fingerprint density at radius 2 is 1.56 bits per heavy atom. The molecule has 0 saturated heterocycles. The van der Waals surface area contributed by atoms with Gasteiger partial charge in [0.2, 0.25) is 0 Å². The van der Waals surface area contributed by atoms with Crippen molar-refractivity contribution >= 4 is 23.3 Å². The third-order valence-electron chi connectivity index (χ3n) is 3.63. The second-order valence-electron chi connectivity index (χ2n) is 6.17. The monoisotopic (exact) mass is 364 g/mol. The number of carbonyl (C=O) groups is 2. The molecule has 0 atom stereocenters. The quantitative estimate of drug-likeness (QED) is 0.648. The van der Waals surface area contributed by atoms with Crippen LogP contribution < -0.4 is 16.0 Å². The van der Waals surface area contributed by atoms with Gasteiger partial charge in [0.25, 0.3) is 5.91 Å². The number of urea groups is 1. The van der Waals surface area contributed by atoms with E-state index in [1.54, 1.807) is 59.5 Å². The number of rotatable bonds is 5. The normalized spacial score (nSPS) is 10.5. The first-order valence-electron chi connectivity index (χ1n) is 8.45. The highest BCUT2D eigenvalue weighted by atomic mass is 16.2. The molecule has 2 aromatic carbocycles. The van der Waals surface area contributed by atoms with Gasteiger partial charge in [0.1, 0.15) is 12.7 Å². The second-order valence-corrected chi connectivity index (χ2v) is 6.17. The van der Waals surface area contributed by atoms with Crippen LogP contribution in [0.4, 0.5) is 16.2 Å². The van der Waals surface area contributed by atoms with Crippen molar-refractivity contribution in [2.45, 2.75) is 19.9 Å². The van der Waals surface area contributed by atoms with Crippen LogP contribution in [-0.2, 0) is 0 Å². The van der Waals surface area contributed by atoms with Crippen molar-refractivity contribution in [3.05, 3.63) is 66.7 Å². The number of amides is 3. The minimum atomic E-state index is -0.269. The summed E-state index contributed by atoms with van der Waals surface area (Å²) in [5.41, 5.74) is 2.62. The molecule has 0 bridgehead atoms. The Kier molecular flexibility index (Phi) is 5.46. The first-order chi connectivity index (χ1) is 13.0. The number of anilines is 2. The van der Waals surface area contributed by atoms with Gasteiger partial charge >= 0.3 is 6.03 Å². The summed E-state index contributed by atoms with van der Waals surface area (Å²) in [7, 11) is 0. The molecule has 138 valence electrons. The molecule has 0 aliphatic heterocycles. The van der Waals surface area contributed by atoms with Gasteiger partial charge in [-0.1, -0.05) is 0 Å². The smallest absolute Gasteiger partial charge is 0.319 e. The lowest BCUT2D eigenvalue weighted by Crippen LogP contribution is -2.34. The summed E-state index contributed by atoms with van der Waals surface area (Å²) in [5.74, 6) is -0.224. The maximum absolute atomic E-state index is 12.4. The number of benzene rings is 2. The van der Waals surface area contributed by atoms with E-state index in [4.69, 9.17) is 0 Å². The molecule has 0 spiro atoms. The second kappa shape index (κ2) is 8.13. The molecule has 0 aliphatic carbocycles. The highest BCUT2D eigenvalue weighted by Gasteiger charge is 2.08. The summed E-state index contributed by atoms with van der Waals surface area (Å²) in [6.07, 6.45) is 3.04. The molecule has 0 fully saturated rings. The van der Waals surface area contributed by atoms with Crippen LogP contribution in [-0.4, -0.2) is 32.7 Å². The van der Waals surface area contributed by atoms with Crippen LogP contribution in [0.2, 0.25) is 0 Å².